The van der Waals surface area contributed by atoms with Crippen molar-refractivity contribution in [2.75, 3.05) is 7.05 Å². The molecule has 0 aromatic carbocycles. The molecule has 15 heavy (non-hydrogen) atoms. The van der Waals surface area contributed by atoms with Gasteiger partial charge in [-0.2, -0.15) is 0 Å². The molecular weight excluding hydrogens is 194 g/mol. The number of rotatable bonds is 4. The van der Waals surface area contributed by atoms with Crippen molar-refractivity contribution < 1.29 is 14.3 Å². The van der Waals surface area contributed by atoms with Crippen LogP contribution in [0.15, 0.2) is 0 Å². The molecular formula is C11H21NO3. The van der Waals surface area contributed by atoms with Crippen LogP contribution in [0.4, 0.5) is 0 Å². The summed E-state index contributed by atoms with van der Waals surface area (Å²) in [4.78, 5) is 23.8. The maximum absolute atomic E-state index is 11.8. The molecule has 0 aromatic rings. The summed E-state index contributed by atoms with van der Waals surface area (Å²) in [6.07, 6.45) is 0.647. The van der Waals surface area contributed by atoms with Crippen LogP contribution in [-0.4, -0.2) is 36.0 Å². The summed E-state index contributed by atoms with van der Waals surface area (Å²) in [6, 6.07) is -0.512. The molecule has 0 saturated heterocycles. The first-order chi connectivity index (χ1) is 6.69. The highest BCUT2D eigenvalue weighted by atomic mass is 16.6. The zero-order valence-electron chi connectivity index (χ0n) is 10.4. The Kier molecular flexibility index (Phi) is 4.78. The predicted molar refractivity (Wildman–Crippen MR) is 58.3 cm³/mol. The predicted octanol–water partition coefficient (Wildman–Crippen LogP) is 1.44. The lowest BCUT2D eigenvalue weighted by Gasteiger charge is -2.29. The van der Waals surface area contributed by atoms with E-state index in [9.17, 15) is 9.59 Å². The van der Waals surface area contributed by atoms with Crippen molar-refractivity contribution in [2.45, 2.75) is 46.3 Å². The number of esters is 1. The molecule has 0 saturated carbocycles. The molecule has 0 unspecified atom stereocenters. The Labute approximate surface area is 91.6 Å². The molecule has 0 rings (SSSR count). The van der Waals surface area contributed by atoms with Crippen molar-refractivity contribution in [2.24, 2.45) is 5.92 Å². The van der Waals surface area contributed by atoms with Crippen molar-refractivity contribution >= 4 is 12.4 Å². The molecule has 4 nitrogen and oxygen atoms in total. The van der Waals surface area contributed by atoms with Gasteiger partial charge >= 0.3 is 5.97 Å². The molecule has 0 fully saturated rings. The van der Waals surface area contributed by atoms with E-state index in [-0.39, 0.29) is 11.9 Å². The first-order valence-corrected chi connectivity index (χ1v) is 5.09. The molecule has 0 bridgehead atoms. The third-order valence-corrected chi connectivity index (χ3v) is 1.88. The summed E-state index contributed by atoms with van der Waals surface area (Å²) >= 11 is 0. The lowest BCUT2D eigenvalue weighted by atomic mass is 10.0. The molecule has 1 atom stereocenters. The van der Waals surface area contributed by atoms with Crippen LogP contribution in [0, 0.1) is 5.92 Å². The van der Waals surface area contributed by atoms with E-state index >= 15 is 0 Å². The zero-order chi connectivity index (χ0) is 12.2. The minimum absolute atomic E-state index is 0.0371. The average Bonchev–Trinajstić information content (AvgIpc) is 1.99. The Bertz CT molecular complexity index is 230. The van der Waals surface area contributed by atoms with E-state index < -0.39 is 11.6 Å². The molecule has 88 valence electrons. The summed E-state index contributed by atoms with van der Waals surface area (Å²) in [5, 5.41) is 0. The summed E-state index contributed by atoms with van der Waals surface area (Å²) in [6.45, 7) is 9.19. The van der Waals surface area contributed by atoms with Gasteiger partial charge in [0.1, 0.15) is 11.6 Å². The summed E-state index contributed by atoms with van der Waals surface area (Å²) in [5.41, 5.74) is -0.520. The monoisotopic (exact) mass is 215 g/mol. The van der Waals surface area contributed by atoms with E-state index in [0.717, 1.165) is 0 Å². The van der Waals surface area contributed by atoms with Crippen molar-refractivity contribution in [3.05, 3.63) is 0 Å². The fourth-order valence-corrected chi connectivity index (χ4v) is 1.34. The lowest BCUT2D eigenvalue weighted by Crippen LogP contribution is -2.45. The Hall–Kier alpha value is -1.06. The van der Waals surface area contributed by atoms with E-state index in [1.54, 1.807) is 7.05 Å². The highest BCUT2D eigenvalue weighted by Crippen LogP contribution is 2.15. The van der Waals surface area contributed by atoms with Crippen LogP contribution in [-0.2, 0) is 14.3 Å². The Morgan fingerprint density at radius 3 is 2.07 bits per heavy atom. The molecule has 0 spiro atoms. The second-order valence-electron chi connectivity index (χ2n) is 4.99. The van der Waals surface area contributed by atoms with E-state index in [0.29, 0.717) is 6.41 Å². The Morgan fingerprint density at radius 2 is 1.80 bits per heavy atom. The van der Waals surface area contributed by atoms with Gasteiger partial charge in [0.25, 0.3) is 0 Å². The van der Waals surface area contributed by atoms with Crippen LogP contribution >= 0.6 is 0 Å². The standard InChI is InChI=1S/C11H21NO3/c1-8(2)9(12(6)7-13)10(14)15-11(3,4)5/h7-9H,1-6H3/t9-/m0/s1. The van der Waals surface area contributed by atoms with Gasteiger partial charge in [-0.25, -0.2) is 4.79 Å². The number of hydrogen-bond acceptors (Lipinski definition) is 3. The first-order valence-electron chi connectivity index (χ1n) is 5.09. The van der Waals surface area contributed by atoms with Crippen LogP contribution in [0.2, 0.25) is 0 Å². The molecule has 0 heterocycles. The molecule has 1 amide bonds. The normalized spacial score (nSPS) is 13.5. The Balaban J connectivity index is 4.64. The molecule has 0 aromatic heterocycles. The van der Waals surface area contributed by atoms with Gasteiger partial charge < -0.3 is 9.64 Å². The van der Waals surface area contributed by atoms with Gasteiger partial charge in [0.2, 0.25) is 6.41 Å². The topological polar surface area (TPSA) is 46.6 Å². The number of nitrogens with zero attached hydrogens (tertiary/aromatic N) is 1. The van der Waals surface area contributed by atoms with Crippen molar-refractivity contribution in [1.29, 1.82) is 0 Å². The number of ether oxygens (including phenoxy) is 1. The number of likely N-dealkylation sites (N-methyl/N-ethyl adjacent to an activating group) is 1. The highest BCUT2D eigenvalue weighted by Gasteiger charge is 2.30. The zero-order valence-corrected chi connectivity index (χ0v) is 10.4. The molecule has 4 heteroatoms. The van der Waals surface area contributed by atoms with Gasteiger partial charge in [0.15, 0.2) is 0 Å². The van der Waals surface area contributed by atoms with E-state index in [1.165, 1.54) is 4.90 Å². The van der Waals surface area contributed by atoms with Crippen molar-refractivity contribution in [1.82, 2.24) is 4.90 Å². The number of carbonyl (C=O) groups is 2. The van der Waals surface area contributed by atoms with Crippen molar-refractivity contribution in [3.8, 4) is 0 Å². The fourth-order valence-electron chi connectivity index (χ4n) is 1.34. The van der Waals surface area contributed by atoms with Gasteiger partial charge in [-0.05, 0) is 26.7 Å². The lowest BCUT2D eigenvalue weighted by molar-refractivity contribution is -0.164. The molecule has 0 aliphatic rings. The molecule has 0 aliphatic carbocycles. The van der Waals surface area contributed by atoms with Gasteiger partial charge in [-0.1, -0.05) is 13.8 Å². The van der Waals surface area contributed by atoms with Gasteiger partial charge in [-0.15, -0.1) is 0 Å². The van der Waals surface area contributed by atoms with Crippen LogP contribution in [0.1, 0.15) is 34.6 Å². The quantitative estimate of drug-likeness (QED) is 0.526. The number of hydrogen-bond donors (Lipinski definition) is 0. The third kappa shape index (κ3) is 4.81. The van der Waals surface area contributed by atoms with Gasteiger partial charge in [-0.3, -0.25) is 4.79 Å². The van der Waals surface area contributed by atoms with Crippen LogP contribution in [0.3, 0.4) is 0 Å². The van der Waals surface area contributed by atoms with Gasteiger partial charge in [0, 0.05) is 7.05 Å². The second kappa shape index (κ2) is 5.14. The van der Waals surface area contributed by atoms with Crippen molar-refractivity contribution in [3.63, 3.8) is 0 Å². The summed E-state index contributed by atoms with van der Waals surface area (Å²) in [5.74, 6) is -0.317. The average molecular weight is 215 g/mol. The Morgan fingerprint density at radius 1 is 1.33 bits per heavy atom. The molecule has 0 N–H and O–H groups in total. The maximum atomic E-state index is 11.8. The SMILES string of the molecule is CC(C)[C@@H](C(=O)OC(C)(C)C)N(C)C=O. The minimum Gasteiger partial charge on any atom is -0.458 e. The maximum Gasteiger partial charge on any atom is 0.329 e. The minimum atomic E-state index is -0.520. The van der Waals surface area contributed by atoms with E-state index in [1.807, 2.05) is 34.6 Å². The van der Waals surface area contributed by atoms with Crippen LogP contribution in [0.25, 0.3) is 0 Å². The largest absolute Gasteiger partial charge is 0.458 e. The van der Waals surface area contributed by atoms with E-state index in [4.69, 9.17) is 4.74 Å². The van der Waals surface area contributed by atoms with Crippen LogP contribution < -0.4 is 0 Å². The highest BCUT2D eigenvalue weighted by molar-refractivity contribution is 5.78. The number of carbonyl (C=O) groups excluding carboxylic acids is 2. The van der Waals surface area contributed by atoms with E-state index in [2.05, 4.69) is 0 Å². The number of amides is 1. The molecule has 0 aliphatic heterocycles. The first kappa shape index (κ1) is 13.9. The second-order valence-corrected chi connectivity index (χ2v) is 4.99. The summed E-state index contributed by atoms with van der Waals surface area (Å²) in [7, 11) is 1.58. The third-order valence-electron chi connectivity index (χ3n) is 1.88. The van der Waals surface area contributed by atoms with Gasteiger partial charge in [0.05, 0.1) is 0 Å². The smallest absolute Gasteiger partial charge is 0.329 e. The fraction of sp³-hybridized carbons (Fsp3) is 0.818. The summed E-state index contributed by atoms with van der Waals surface area (Å²) < 4.78 is 5.24. The molecule has 0 radical (unpaired) electrons. The van der Waals surface area contributed by atoms with Crippen LogP contribution in [0.5, 0.6) is 0 Å².